The molecule has 70 heavy (non-hydrogen) atoms. The molecule has 0 amide bonds. The van der Waals surface area contributed by atoms with Crippen molar-refractivity contribution in [3.63, 3.8) is 0 Å². The van der Waals surface area contributed by atoms with Crippen LogP contribution in [0.25, 0.3) is 67.1 Å². The molecule has 0 atom stereocenters. The van der Waals surface area contributed by atoms with Crippen LogP contribution in [0.3, 0.4) is 0 Å². The average Bonchev–Trinajstić information content (AvgIpc) is 4.07. The van der Waals surface area contributed by atoms with Crippen molar-refractivity contribution >= 4 is 21.9 Å². The van der Waals surface area contributed by atoms with Crippen LogP contribution >= 0.6 is 0 Å². The van der Waals surface area contributed by atoms with E-state index >= 15 is 0 Å². The summed E-state index contributed by atoms with van der Waals surface area (Å²) in [5.74, 6) is 1.07. The molecule has 16 nitrogen and oxygen atoms in total. The number of hydrogen-bond donors (Lipinski definition) is 0. The minimum absolute atomic E-state index is 0.197. The Bertz CT molecular complexity index is 3070. The lowest BCUT2D eigenvalue weighted by Gasteiger charge is -2.09. The molecule has 0 bridgehead atoms. The van der Waals surface area contributed by atoms with E-state index in [1.807, 2.05) is 36.7 Å². The van der Waals surface area contributed by atoms with Gasteiger partial charge in [0, 0.05) is 34.4 Å². The number of ether oxygens (including phenoxy) is 6. The van der Waals surface area contributed by atoms with E-state index in [1.165, 1.54) is 48.5 Å². The molecule has 18 heteroatoms. The summed E-state index contributed by atoms with van der Waals surface area (Å²) in [5, 5.41) is 17.6. The number of rotatable bonds is 24. The third-order valence-corrected chi connectivity index (χ3v) is 10.9. The third kappa shape index (κ3) is 12.4. The minimum atomic E-state index is -0.491. The van der Waals surface area contributed by atoms with E-state index in [4.69, 9.17) is 37.3 Å². The van der Waals surface area contributed by atoms with Crippen molar-refractivity contribution in [3.8, 4) is 56.7 Å². The highest BCUT2D eigenvalue weighted by molar-refractivity contribution is 5.80. The first-order valence-electron chi connectivity index (χ1n) is 22.5. The van der Waals surface area contributed by atoms with Crippen molar-refractivity contribution < 1.29 is 46.0 Å². The molecule has 0 spiro atoms. The summed E-state index contributed by atoms with van der Waals surface area (Å²) < 4.78 is 76.5. The molecule has 0 aliphatic carbocycles. The SMILES string of the molecule is O=c1cc(-c2ccc(OCCOCCOCCn3cc(-c4cccc(-c5cn(CCOCCOCCOc6ccc(-c7cc(=O)c8cc(F)ccc8o7)cc6)nn5)c4)nn3)cc2)oc2ccc(F)cc12. The van der Waals surface area contributed by atoms with E-state index in [9.17, 15) is 18.4 Å². The molecule has 9 rings (SSSR count). The van der Waals surface area contributed by atoms with E-state index in [0.29, 0.717) is 124 Å². The molecule has 4 heterocycles. The van der Waals surface area contributed by atoms with Gasteiger partial charge in [0.2, 0.25) is 0 Å². The van der Waals surface area contributed by atoms with Gasteiger partial charge in [-0.1, -0.05) is 28.6 Å². The molecule has 0 radical (unpaired) electrons. The Morgan fingerprint density at radius 3 is 1.30 bits per heavy atom. The molecule has 358 valence electrons. The average molecular weight is 953 g/mol. The van der Waals surface area contributed by atoms with E-state index < -0.39 is 11.6 Å². The van der Waals surface area contributed by atoms with Crippen molar-refractivity contribution in [3.05, 3.63) is 166 Å². The maximum atomic E-state index is 13.5. The van der Waals surface area contributed by atoms with Crippen molar-refractivity contribution in [2.24, 2.45) is 0 Å². The van der Waals surface area contributed by atoms with Crippen LogP contribution in [0.1, 0.15) is 0 Å². The van der Waals surface area contributed by atoms with Gasteiger partial charge in [0.15, 0.2) is 10.9 Å². The van der Waals surface area contributed by atoms with E-state index in [2.05, 4.69) is 20.6 Å². The van der Waals surface area contributed by atoms with Gasteiger partial charge in [-0.25, -0.2) is 18.1 Å². The molecule has 0 N–H and O–H groups in total. The third-order valence-electron chi connectivity index (χ3n) is 10.9. The van der Waals surface area contributed by atoms with Crippen LogP contribution in [-0.4, -0.2) is 96.1 Å². The van der Waals surface area contributed by atoms with Gasteiger partial charge < -0.3 is 37.3 Å². The number of halogens is 2. The quantitative estimate of drug-likeness (QED) is 0.0529. The maximum Gasteiger partial charge on any atom is 0.193 e. The molecule has 0 unspecified atom stereocenters. The van der Waals surface area contributed by atoms with Crippen LogP contribution in [0.15, 0.2) is 152 Å². The normalized spacial score (nSPS) is 11.5. The summed E-state index contributed by atoms with van der Waals surface area (Å²) in [6, 6.07) is 32.6. The topological polar surface area (TPSA) is 177 Å². The lowest BCUT2D eigenvalue weighted by Crippen LogP contribution is -2.13. The molecule has 9 aromatic rings. The summed E-state index contributed by atoms with van der Waals surface area (Å²) in [7, 11) is 0. The minimum Gasteiger partial charge on any atom is -0.491 e. The number of nitrogens with zero attached hydrogens (tertiary/aromatic N) is 6. The largest absolute Gasteiger partial charge is 0.491 e. The van der Waals surface area contributed by atoms with Gasteiger partial charge in [-0.3, -0.25) is 9.59 Å². The first kappa shape index (κ1) is 47.2. The molecule has 5 aromatic carbocycles. The van der Waals surface area contributed by atoms with E-state index in [0.717, 1.165) is 22.5 Å². The first-order chi connectivity index (χ1) is 34.3. The van der Waals surface area contributed by atoms with Gasteiger partial charge in [0.1, 0.15) is 70.4 Å². The Labute approximate surface area is 398 Å². The Morgan fingerprint density at radius 1 is 0.443 bits per heavy atom. The predicted molar refractivity (Wildman–Crippen MR) is 254 cm³/mol. The fraction of sp³-hybridized carbons (Fsp3) is 0.231. The standard InChI is InChI=1S/C52H46F2N6O10/c53-39-8-14-49-43(29-39)47(61)31-51(69-49)35-4-10-41(11-5-35)67-26-24-65-22-20-63-18-16-59-33-45(55-57-59)37-2-1-3-38(28-37)46-34-60(58-56-46)17-19-64-21-23-66-25-27-68-42-12-6-36(7-13-42)52-32-48(62)44-30-40(54)9-15-50(44)70-52/h1-15,28-34H,16-27H2. The molecule has 0 aliphatic heterocycles. The zero-order chi connectivity index (χ0) is 48.1. The lowest BCUT2D eigenvalue weighted by atomic mass is 10.1. The Hall–Kier alpha value is -7.90. The Morgan fingerprint density at radius 2 is 0.857 bits per heavy atom. The van der Waals surface area contributed by atoms with Gasteiger partial charge in [-0.05, 0) is 91.0 Å². The number of hydrogen-bond acceptors (Lipinski definition) is 14. The summed E-state index contributed by atoms with van der Waals surface area (Å²) in [4.78, 5) is 24.9. The van der Waals surface area contributed by atoms with Gasteiger partial charge in [0.05, 0.1) is 89.1 Å². The van der Waals surface area contributed by atoms with Crippen molar-refractivity contribution in [1.29, 1.82) is 0 Å². The maximum absolute atomic E-state index is 13.5. The lowest BCUT2D eigenvalue weighted by molar-refractivity contribution is 0.0333. The zero-order valence-corrected chi connectivity index (χ0v) is 37.7. The number of aromatic nitrogens is 6. The second-order valence-corrected chi connectivity index (χ2v) is 15.7. The van der Waals surface area contributed by atoms with Gasteiger partial charge in [-0.2, -0.15) is 0 Å². The van der Waals surface area contributed by atoms with Crippen LogP contribution in [0.4, 0.5) is 8.78 Å². The fourth-order valence-corrected chi connectivity index (χ4v) is 7.29. The van der Waals surface area contributed by atoms with Crippen LogP contribution in [0.5, 0.6) is 11.5 Å². The Kier molecular flexibility index (Phi) is 15.5. The molecular formula is C52H46F2N6O10. The Balaban J connectivity index is 0.611. The highest BCUT2D eigenvalue weighted by Gasteiger charge is 2.12. The summed E-state index contributed by atoms with van der Waals surface area (Å²) in [6.45, 7) is 4.96. The smallest absolute Gasteiger partial charge is 0.193 e. The van der Waals surface area contributed by atoms with Gasteiger partial charge >= 0.3 is 0 Å². The van der Waals surface area contributed by atoms with Crippen molar-refractivity contribution in [2.45, 2.75) is 13.1 Å². The zero-order valence-electron chi connectivity index (χ0n) is 37.7. The van der Waals surface area contributed by atoms with Crippen LogP contribution in [0.2, 0.25) is 0 Å². The van der Waals surface area contributed by atoms with Gasteiger partial charge in [0.25, 0.3) is 0 Å². The second-order valence-electron chi connectivity index (χ2n) is 15.7. The van der Waals surface area contributed by atoms with Crippen LogP contribution in [0, 0.1) is 11.6 Å². The number of benzene rings is 5. The van der Waals surface area contributed by atoms with E-state index in [1.54, 1.807) is 57.9 Å². The van der Waals surface area contributed by atoms with Crippen LogP contribution in [-0.2, 0) is 32.0 Å². The van der Waals surface area contributed by atoms with Crippen molar-refractivity contribution in [2.75, 3.05) is 66.1 Å². The highest BCUT2D eigenvalue weighted by atomic mass is 19.1. The summed E-state index contributed by atoms with van der Waals surface area (Å²) in [6.07, 6.45) is 3.74. The molecule has 0 saturated carbocycles. The molecule has 0 aliphatic rings. The van der Waals surface area contributed by atoms with E-state index in [-0.39, 0.29) is 21.6 Å². The highest BCUT2D eigenvalue weighted by Crippen LogP contribution is 2.27. The number of fused-ring (bicyclic) bond motifs is 2. The molecule has 4 aromatic heterocycles. The second kappa shape index (κ2) is 22.9. The van der Waals surface area contributed by atoms with Gasteiger partial charge in [-0.15, -0.1) is 10.2 Å². The predicted octanol–water partition coefficient (Wildman–Crippen LogP) is 8.25. The first-order valence-corrected chi connectivity index (χ1v) is 22.5. The fourth-order valence-electron chi connectivity index (χ4n) is 7.29. The van der Waals surface area contributed by atoms with Crippen LogP contribution < -0.4 is 20.3 Å². The van der Waals surface area contributed by atoms with Crippen molar-refractivity contribution in [1.82, 2.24) is 30.0 Å². The monoisotopic (exact) mass is 952 g/mol. The summed E-state index contributed by atoms with van der Waals surface area (Å²) >= 11 is 0. The molecule has 0 fully saturated rings. The molecule has 0 saturated heterocycles. The summed E-state index contributed by atoms with van der Waals surface area (Å²) in [5.41, 5.74) is 4.63. The molecular weight excluding hydrogens is 907 g/mol.